The first-order valence-electron chi connectivity index (χ1n) is 4.93. The van der Waals surface area contributed by atoms with Crippen LogP contribution in [0.1, 0.15) is 18.5 Å². The summed E-state index contributed by atoms with van der Waals surface area (Å²) in [6.45, 7) is 2.12. The minimum Gasteiger partial charge on any atom is -0.313 e. The van der Waals surface area contributed by atoms with Crippen molar-refractivity contribution in [3.8, 4) is 0 Å². The first-order chi connectivity index (χ1) is 7.13. The van der Waals surface area contributed by atoms with Crippen LogP contribution >= 0.6 is 11.6 Å². The molecule has 1 aromatic heterocycles. The third-order valence-electron chi connectivity index (χ3n) is 2.76. The fraction of sp³-hybridized carbons (Fsp3) is 0.364. The standard InChI is InChI=1S/C11H14ClN3/c1-7(13-2)8-4-5-10-9(6-8)11(12)14-15(10)3/h4-7,13H,1-3H3. The highest BCUT2D eigenvalue weighted by Crippen LogP contribution is 2.25. The molecule has 0 aliphatic rings. The van der Waals surface area contributed by atoms with Crippen LogP contribution in [0, 0.1) is 0 Å². The zero-order chi connectivity index (χ0) is 11.0. The maximum Gasteiger partial charge on any atom is 0.158 e. The smallest absolute Gasteiger partial charge is 0.158 e. The summed E-state index contributed by atoms with van der Waals surface area (Å²) in [6, 6.07) is 6.57. The van der Waals surface area contributed by atoms with Crippen LogP contribution in [0.15, 0.2) is 18.2 Å². The summed E-state index contributed by atoms with van der Waals surface area (Å²) < 4.78 is 1.80. The first-order valence-corrected chi connectivity index (χ1v) is 5.30. The molecule has 1 atom stereocenters. The average Bonchev–Trinajstić information content (AvgIpc) is 2.53. The number of rotatable bonds is 2. The molecule has 0 amide bonds. The topological polar surface area (TPSA) is 29.9 Å². The Morgan fingerprint density at radius 1 is 1.47 bits per heavy atom. The van der Waals surface area contributed by atoms with E-state index in [0.29, 0.717) is 11.2 Å². The van der Waals surface area contributed by atoms with Crippen molar-refractivity contribution in [3.05, 3.63) is 28.9 Å². The van der Waals surface area contributed by atoms with Gasteiger partial charge in [-0.25, -0.2) is 0 Å². The van der Waals surface area contributed by atoms with Gasteiger partial charge in [0.05, 0.1) is 5.52 Å². The second kappa shape index (κ2) is 3.83. The number of fused-ring (bicyclic) bond motifs is 1. The minimum atomic E-state index is 0.325. The van der Waals surface area contributed by atoms with Crippen LogP contribution < -0.4 is 5.32 Å². The van der Waals surface area contributed by atoms with Gasteiger partial charge in [-0.3, -0.25) is 4.68 Å². The zero-order valence-electron chi connectivity index (χ0n) is 9.08. The lowest BCUT2D eigenvalue weighted by molar-refractivity contribution is 0.653. The molecule has 80 valence electrons. The van der Waals surface area contributed by atoms with E-state index < -0.39 is 0 Å². The number of hydrogen-bond donors (Lipinski definition) is 1. The molecule has 0 radical (unpaired) electrons. The van der Waals surface area contributed by atoms with E-state index in [1.807, 2.05) is 14.1 Å². The minimum absolute atomic E-state index is 0.325. The maximum absolute atomic E-state index is 6.05. The molecule has 0 fully saturated rings. The molecular formula is C11H14ClN3. The van der Waals surface area contributed by atoms with Gasteiger partial charge in [-0.2, -0.15) is 5.10 Å². The van der Waals surface area contributed by atoms with Gasteiger partial charge in [0, 0.05) is 18.5 Å². The Kier molecular flexibility index (Phi) is 2.67. The van der Waals surface area contributed by atoms with Crippen LogP contribution in [0.2, 0.25) is 5.15 Å². The van der Waals surface area contributed by atoms with E-state index in [0.717, 1.165) is 10.9 Å². The van der Waals surface area contributed by atoms with E-state index in [-0.39, 0.29) is 0 Å². The highest BCUT2D eigenvalue weighted by atomic mass is 35.5. The lowest BCUT2D eigenvalue weighted by atomic mass is 10.1. The average molecular weight is 224 g/mol. The summed E-state index contributed by atoms with van der Waals surface area (Å²) in [5.41, 5.74) is 2.28. The van der Waals surface area contributed by atoms with Gasteiger partial charge in [0.2, 0.25) is 0 Å². The highest BCUT2D eigenvalue weighted by Gasteiger charge is 2.09. The van der Waals surface area contributed by atoms with Crippen molar-refractivity contribution in [2.75, 3.05) is 7.05 Å². The number of nitrogens with zero attached hydrogens (tertiary/aromatic N) is 2. The van der Waals surface area contributed by atoms with Gasteiger partial charge in [-0.1, -0.05) is 17.7 Å². The van der Waals surface area contributed by atoms with E-state index in [1.165, 1.54) is 5.56 Å². The van der Waals surface area contributed by atoms with E-state index >= 15 is 0 Å². The number of aryl methyl sites for hydroxylation is 1. The predicted molar refractivity (Wildman–Crippen MR) is 63.2 cm³/mol. The Balaban J connectivity index is 2.60. The molecule has 4 heteroatoms. The SMILES string of the molecule is CNC(C)c1ccc2c(c1)c(Cl)nn2C. The predicted octanol–water partition coefficient (Wildman–Crippen LogP) is 2.51. The van der Waals surface area contributed by atoms with Crippen molar-refractivity contribution in [1.29, 1.82) is 0 Å². The lowest BCUT2D eigenvalue weighted by Crippen LogP contribution is -2.11. The van der Waals surface area contributed by atoms with Gasteiger partial charge < -0.3 is 5.32 Å². The molecule has 1 N–H and O–H groups in total. The normalized spacial score (nSPS) is 13.3. The lowest BCUT2D eigenvalue weighted by Gasteiger charge is -2.10. The van der Waals surface area contributed by atoms with Crippen molar-refractivity contribution < 1.29 is 0 Å². The van der Waals surface area contributed by atoms with Crippen LogP contribution in [0.4, 0.5) is 0 Å². The van der Waals surface area contributed by atoms with E-state index in [4.69, 9.17) is 11.6 Å². The molecule has 3 nitrogen and oxygen atoms in total. The fourth-order valence-corrected chi connectivity index (χ4v) is 1.94. The van der Waals surface area contributed by atoms with Crippen molar-refractivity contribution in [2.24, 2.45) is 7.05 Å². The monoisotopic (exact) mass is 223 g/mol. The van der Waals surface area contributed by atoms with Gasteiger partial charge in [0.25, 0.3) is 0 Å². The first kappa shape index (κ1) is 10.5. The quantitative estimate of drug-likeness (QED) is 0.848. The fourth-order valence-electron chi connectivity index (χ4n) is 1.68. The largest absolute Gasteiger partial charge is 0.313 e. The van der Waals surface area contributed by atoms with Crippen molar-refractivity contribution >= 4 is 22.5 Å². The Labute approximate surface area is 94.0 Å². The Hall–Kier alpha value is -1.06. The second-order valence-electron chi connectivity index (χ2n) is 3.70. The number of halogens is 1. The molecule has 1 unspecified atom stereocenters. The van der Waals surface area contributed by atoms with Crippen LogP contribution in [-0.4, -0.2) is 16.8 Å². The third-order valence-corrected chi connectivity index (χ3v) is 3.04. The summed E-state index contributed by atoms with van der Waals surface area (Å²) >= 11 is 6.05. The van der Waals surface area contributed by atoms with Crippen molar-refractivity contribution in [1.82, 2.24) is 15.1 Å². The van der Waals surface area contributed by atoms with Gasteiger partial charge in [-0.15, -0.1) is 0 Å². The second-order valence-corrected chi connectivity index (χ2v) is 4.06. The summed E-state index contributed by atoms with van der Waals surface area (Å²) in [5, 5.41) is 8.96. The Bertz CT molecular complexity index is 490. The Morgan fingerprint density at radius 3 is 2.87 bits per heavy atom. The zero-order valence-corrected chi connectivity index (χ0v) is 9.84. The van der Waals surface area contributed by atoms with Crippen LogP contribution in [0.5, 0.6) is 0 Å². The van der Waals surface area contributed by atoms with E-state index in [1.54, 1.807) is 4.68 Å². The molecule has 2 aromatic rings. The summed E-state index contributed by atoms with van der Waals surface area (Å²) in [7, 11) is 3.84. The molecule has 2 rings (SSSR count). The van der Waals surface area contributed by atoms with Gasteiger partial charge in [0.1, 0.15) is 0 Å². The van der Waals surface area contributed by atoms with Crippen LogP contribution in [0.25, 0.3) is 10.9 Å². The molecule has 15 heavy (non-hydrogen) atoms. The van der Waals surface area contributed by atoms with Gasteiger partial charge >= 0.3 is 0 Å². The van der Waals surface area contributed by atoms with Crippen LogP contribution in [-0.2, 0) is 7.05 Å². The van der Waals surface area contributed by atoms with E-state index in [2.05, 4.69) is 35.5 Å². The highest BCUT2D eigenvalue weighted by molar-refractivity contribution is 6.34. The van der Waals surface area contributed by atoms with Crippen molar-refractivity contribution in [2.45, 2.75) is 13.0 Å². The van der Waals surface area contributed by atoms with Crippen LogP contribution in [0.3, 0.4) is 0 Å². The molecule has 0 saturated carbocycles. The molecule has 0 bridgehead atoms. The third kappa shape index (κ3) is 1.73. The van der Waals surface area contributed by atoms with Gasteiger partial charge in [0.15, 0.2) is 5.15 Å². The maximum atomic E-state index is 6.05. The number of aromatic nitrogens is 2. The summed E-state index contributed by atoms with van der Waals surface area (Å²) in [6.07, 6.45) is 0. The number of nitrogens with one attached hydrogen (secondary N) is 1. The number of hydrogen-bond acceptors (Lipinski definition) is 2. The molecule has 1 aromatic carbocycles. The molecule has 0 aliphatic carbocycles. The molecule has 0 aliphatic heterocycles. The molecular weight excluding hydrogens is 210 g/mol. The van der Waals surface area contributed by atoms with E-state index in [9.17, 15) is 0 Å². The summed E-state index contributed by atoms with van der Waals surface area (Å²) in [4.78, 5) is 0. The molecule has 0 saturated heterocycles. The Morgan fingerprint density at radius 2 is 2.20 bits per heavy atom. The summed E-state index contributed by atoms with van der Waals surface area (Å²) in [5.74, 6) is 0. The number of benzene rings is 1. The van der Waals surface area contributed by atoms with Crippen molar-refractivity contribution in [3.63, 3.8) is 0 Å². The molecule has 0 spiro atoms. The molecule has 1 heterocycles. The van der Waals surface area contributed by atoms with Gasteiger partial charge in [-0.05, 0) is 31.7 Å².